The summed E-state index contributed by atoms with van der Waals surface area (Å²) in [4.78, 5) is 11.0. The predicted octanol–water partition coefficient (Wildman–Crippen LogP) is 0.589. The van der Waals surface area contributed by atoms with Crippen LogP contribution in [0.4, 0.5) is 0 Å². The second kappa shape index (κ2) is 4.46. The van der Waals surface area contributed by atoms with Gasteiger partial charge in [-0.3, -0.25) is 8.98 Å². The average Bonchev–Trinajstić information content (AvgIpc) is 2.63. The number of hydrogen-bond acceptors (Lipinski definition) is 4. The zero-order valence-corrected chi connectivity index (χ0v) is 10.2. The third kappa shape index (κ3) is 2.83. The SMILES string of the molecule is Cc1ccc(S(=O)(=O)O[C@H]2CNC(=O)C2)cc1. The first kappa shape index (κ1) is 12.1. The summed E-state index contributed by atoms with van der Waals surface area (Å²) in [6.45, 7) is 2.11. The molecular weight excluding hydrogens is 242 g/mol. The van der Waals surface area contributed by atoms with Crippen LogP contribution in [0.2, 0.25) is 0 Å². The molecule has 0 spiro atoms. The van der Waals surface area contributed by atoms with E-state index in [9.17, 15) is 13.2 Å². The van der Waals surface area contributed by atoms with Gasteiger partial charge in [0.25, 0.3) is 10.1 Å². The summed E-state index contributed by atoms with van der Waals surface area (Å²) in [7, 11) is -3.78. The molecule has 1 N–H and O–H groups in total. The molecule has 1 atom stereocenters. The number of nitrogens with one attached hydrogen (secondary N) is 1. The first-order chi connectivity index (χ1) is 7.97. The number of rotatable bonds is 3. The van der Waals surface area contributed by atoms with Crippen molar-refractivity contribution in [1.29, 1.82) is 0 Å². The number of carbonyl (C=O) groups is 1. The molecule has 6 heteroatoms. The summed E-state index contributed by atoms with van der Waals surface area (Å²) < 4.78 is 28.7. The van der Waals surface area contributed by atoms with E-state index in [2.05, 4.69) is 5.32 Å². The highest BCUT2D eigenvalue weighted by Crippen LogP contribution is 2.17. The molecule has 5 nitrogen and oxygen atoms in total. The van der Waals surface area contributed by atoms with Crippen LogP contribution >= 0.6 is 0 Å². The molecule has 1 fully saturated rings. The van der Waals surface area contributed by atoms with Crippen LogP contribution in [0, 0.1) is 6.92 Å². The smallest absolute Gasteiger partial charge is 0.297 e. The lowest BCUT2D eigenvalue weighted by molar-refractivity contribution is -0.119. The van der Waals surface area contributed by atoms with E-state index < -0.39 is 16.2 Å². The fourth-order valence-corrected chi connectivity index (χ4v) is 2.66. The van der Waals surface area contributed by atoms with E-state index in [1.54, 1.807) is 12.1 Å². The van der Waals surface area contributed by atoms with Crippen LogP contribution in [0.15, 0.2) is 29.2 Å². The van der Waals surface area contributed by atoms with Gasteiger partial charge >= 0.3 is 0 Å². The quantitative estimate of drug-likeness (QED) is 0.802. The predicted molar refractivity (Wildman–Crippen MR) is 60.9 cm³/mol. The van der Waals surface area contributed by atoms with Crippen molar-refractivity contribution < 1.29 is 17.4 Å². The van der Waals surface area contributed by atoms with Crippen molar-refractivity contribution in [3.8, 4) is 0 Å². The molecule has 2 rings (SSSR count). The second-order valence-electron chi connectivity index (χ2n) is 3.99. The minimum atomic E-state index is -3.78. The molecular formula is C11H13NO4S. The van der Waals surface area contributed by atoms with E-state index in [-0.39, 0.29) is 23.8 Å². The normalized spacial score (nSPS) is 20.3. The molecule has 1 aliphatic rings. The summed E-state index contributed by atoms with van der Waals surface area (Å²) in [5, 5.41) is 2.52. The highest BCUT2D eigenvalue weighted by Gasteiger charge is 2.28. The maximum absolute atomic E-state index is 11.8. The Hall–Kier alpha value is -1.40. The van der Waals surface area contributed by atoms with Crippen molar-refractivity contribution in [2.24, 2.45) is 0 Å². The maximum Gasteiger partial charge on any atom is 0.297 e. The van der Waals surface area contributed by atoms with Crippen molar-refractivity contribution in [2.75, 3.05) is 6.54 Å². The first-order valence-corrected chi connectivity index (χ1v) is 6.65. The van der Waals surface area contributed by atoms with Crippen molar-refractivity contribution >= 4 is 16.0 Å². The first-order valence-electron chi connectivity index (χ1n) is 5.24. The average molecular weight is 255 g/mol. The van der Waals surface area contributed by atoms with Gasteiger partial charge in [0.2, 0.25) is 5.91 Å². The number of aryl methyl sites for hydroxylation is 1. The van der Waals surface area contributed by atoms with E-state index >= 15 is 0 Å². The lowest BCUT2D eigenvalue weighted by atomic mass is 10.2. The standard InChI is InChI=1S/C11H13NO4S/c1-8-2-4-10(5-3-8)17(14,15)16-9-6-11(13)12-7-9/h2-5,9H,6-7H2,1H3,(H,12,13)/t9-/m1/s1. The summed E-state index contributed by atoms with van der Waals surface area (Å²) in [5.41, 5.74) is 0.974. The molecule has 0 aliphatic carbocycles. The zero-order chi connectivity index (χ0) is 12.5. The molecule has 0 aromatic heterocycles. The van der Waals surface area contributed by atoms with Crippen LogP contribution in [0.25, 0.3) is 0 Å². The molecule has 1 aromatic rings. The summed E-state index contributed by atoms with van der Waals surface area (Å²) in [6, 6.07) is 6.40. The van der Waals surface area contributed by atoms with Gasteiger partial charge in [-0.1, -0.05) is 17.7 Å². The molecule has 1 heterocycles. The number of carbonyl (C=O) groups excluding carboxylic acids is 1. The van der Waals surface area contributed by atoms with Crippen LogP contribution < -0.4 is 5.32 Å². The Morgan fingerprint density at radius 2 is 1.94 bits per heavy atom. The van der Waals surface area contributed by atoms with Gasteiger partial charge in [0.05, 0.1) is 11.3 Å². The minimum Gasteiger partial charge on any atom is -0.353 e. The Morgan fingerprint density at radius 1 is 1.29 bits per heavy atom. The maximum atomic E-state index is 11.8. The molecule has 17 heavy (non-hydrogen) atoms. The summed E-state index contributed by atoms with van der Waals surface area (Å²) in [5.74, 6) is -0.186. The van der Waals surface area contributed by atoms with E-state index in [0.29, 0.717) is 0 Å². The largest absolute Gasteiger partial charge is 0.353 e. The highest BCUT2D eigenvalue weighted by atomic mass is 32.2. The molecule has 1 amide bonds. The third-order valence-corrected chi connectivity index (χ3v) is 3.89. The lowest BCUT2D eigenvalue weighted by Gasteiger charge is -2.09. The Labute approximate surface area is 99.9 Å². The van der Waals surface area contributed by atoms with Gasteiger partial charge in [-0.15, -0.1) is 0 Å². The Kier molecular flexibility index (Phi) is 3.17. The van der Waals surface area contributed by atoms with Gasteiger partial charge in [-0.2, -0.15) is 8.42 Å². The van der Waals surface area contributed by atoms with Gasteiger partial charge in [-0.05, 0) is 19.1 Å². The number of hydrogen-bond donors (Lipinski definition) is 1. The molecule has 1 aliphatic heterocycles. The van der Waals surface area contributed by atoms with Crippen molar-refractivity contribution in [2.45, 2.75) is 24.3 Å². The van der Waals surface area contributed by atoms with Crippen LogP contribution in [0.5, 0.6) is 0 Å². The summed E-state index contributed by atoms with van der Waals surface area (Å²) in [6.07, 6.45) is -0.515. The molecule has 1 aromatic carbocycles. The highest BCUT2D eigenvalue weighted by molar-refractivity contribution is 7.86. The van der Waals surface area contributed by atoms with Gasteiger partial charge in [-0.25, -0.2) is 0 Å². The van der Waals surface area contributed by atoms with E-state index in [1.165, 1.54) is 12.1 Å². The molecule has 0 saturated carbocycles. The van der Waals surface area contributed by atoms with Gasteiger partial charge < -0.3 is 5.32 Å². The van der Waals surface area contributed by atoms with E-state index in [0.717, 1.165) is 5.56 Å². The second-order valence-corrected chi connectivity index (χ2v) is 5.57. The fourth-order valence-electron chi connectivity index (χ4n) is 1.59. The number of amides is 1. The Bertz CT molecular complexity index is 521. The molecule has 92 valence electrons. The minimum absolute atomic E-state index is 0.0884. The topological polar surface area (TPSA) is 72.5 Å². The van der Waals surface area contributed by atoms with Crippen molar-refractivity contribution in [3.63, 3.8) is 0 Å². The molecule has 0 unspecified atom stereocenters. The Morgan fingerprint density at radius 3 is 2.47 bits per heavy atom. The van der Waals surface area contributed by atoms with Crippen LogP contribution in [0.3, 0.4) is 0 Å². The van der Waals surface area contributed by atoms with Gasteiger partial charge in [0.1, 0.15) is 6.10 Å². The van der Waals surface area contributed by atoms with Gasteiger partial charge in [0, 0.05) is 6.54 Å². The van der Waals surface area contributed by atoms with Crippen LogP contribution in [-0.4, -0.2) is 27.0 Å². The monoisotopic (exact) mass is 255 g/mol. The van der Waals surface area contributed by atoms with Crippen LogP contribution in [0.1, 0.15) is 12.0 Å². The fraction of sp³-hybridized carbons (Fsp3) is 0.364. The molecule has 0 radical (unpaired) electrons. The lowest BCUT2D eigenvalue weighted by Crippen LogP contribution is -2.21. The van der Waals surface area contributed by atoms with E-state index in [4.69, 9.17) is 4.18 Å². The number of benzene rings is 1. The third-order valence-electron chi connectivity index (χ3n) is 2.51. The van der Waals surface area contributed by atoms with Crippen molar-refractivity contribution in [1.82, 2.24) is 5.32 Å². The zero-order valence-electron chi connectivity index (χ0n) is 9.34. The van der Waals surface area contributed by atoms with Gasteiger partial charge in [0.15, 0.2) is 0 Å². The van der Waals surface area contributed by atoms with E-state index in [1.807, 2.05) is 6.92 Å². The van der Waals surface area contributed by atoms with Crippen LogP contribution in [-0.2, 0) is 19.1 Å². The molecule has 1 saturated heterocycles. The van der Waals surface area contributed by atoms with Crippen molar-refractivity contribution in [3.05, 3.63) is 29.8 Å². The Balaban J connectivity index is 2.14. The summed E-state index contributed by atoms with van der Waals surface area (Å²) >= 11 is 0. The molecule has 0 bridgehead atoms.